The van der Waals surface area contributed by atoms with Crippen molar-refractivity contribution in [3.05, 3.63) is 0 Å². The number of aliphatic hydroxyl groups is 1. The standard InChI is InChI=1S/C25H28F28O11Si4/c1-65(2)61-66(3,4)63-68(7,64-67(5,6)62-65)10-8-9-56-11(54)12(26,17(31,32)33)57-23(48,49)14(28,19(37,38)39)59-25(52,53)16(30,21(43,44)45)60-24(50,51)15(29,20(40,41)42)58-22(46,47)13(27,55)18(34,35)36/h55H,8-10H2,1-7H3. The molecule has 0 aromatic carbocycles. The SMILES string of the molecule is C[Si]1(C)O[Si](C)(C)O[Si](C)(CCCOC(=O)C(F)(OC(F)(F)C(F)(OC(F)(F)C(F)(OC(F)(F)C(F)(OC(F)(F)C(O)(F)C(F)(F)F)C(F)(F)F)C(F)(F)F)C(F)(F)F)C(F)(F)F)O[Si](C)(C)O1. The third-order valence-electron chi connectivity index (χ3n) is 7.60. The first-order chi connectivity index (χ1) is 29.0. The monoisotopic (exact) mass is 1150 g/mol. The first kappa shape index (κ1) is 64.0. The minimum atomic E-state index is -9.26. The molecule has 1 aliphatic rings. The molecule has 0 saturated carbocycles. The lowest BCUT2D eigenvalue weighted by Gasteiger charge is -2.47. The number of ether oxygens (including phenoxy) is 5. The van der Waals surface area contributed by atoms with Crippen LogP contribution in [0.15, 0.2) is 0 Å². The quantitative estimate of drug-likeness (QED) is 0.0649. The zero-order valence-corrected chi connectivity index (χ0v) is 37.7. The van der Waals surface area contributed by atoms with Gasteiger partial charge in [0.2, 0.25) is 0 Å². The summed E-state index contributed by atoms with van der Waals surface area (Å²) in [6, 6.07) is -0.591. The zero-order valence-electron chi connectivity index (χ0n) is 33.7. The van der Waals surface area contributed by atoms with Crippen LogP contribution >= 0.6 is 0 Å². The van der Waals surface area contributed by atoms with Crippen LogP contribution in [0.25, 0.3) is 0 Å². The van der Waals surface area contributed by atoms with Crippen molar-refractivity contribution in [1.29, 1.82) is 0 Å². The van der Waals surface area contributed by atoms with Gasteiger partial charge in [0.25, 0.3) is 0 Å². The van der Waals surface area contributed by atoms with Gasteiger partial charge in [-0.3, -0.25) is 18.9 Å². The second-order valence-electron chi connectivity index (χ2n) is 14.9. The van der Waals surface area contributed by atoms with Crippen molar-refractivity contribution in [2.45, 2.75) is 143 Å². The van der Waals surface area contributed by atoms with Gasteiger partial charge in [-0.25, -0.2) is 4.79 Å². The average Bonchev–Trinajstić information content (AvgIpc) is 3.00. The Kier molecular flexibility index (Phi) is 17.1. The van der Waals surface area contributed by atoms with Gasteiger partial charge in [0, 0.05) is 0 Å². The Hall–Kier alpha value is -1.98. The topological polar surface area (TPSA) is 120 Å². The van der Waals surface area contributed by atoms with Gasteiger partial charge in [0.05, 0.1) is 6.61 Å². The molecule has 1 aliphatic heterocycles. The van der Waals surface area contributed by atoms with Crippen molar-refractivity contribution in [3.63, 3.8) is 0 Å². The summed E-state index contributed by atoms with van der Waals surface area (Å²) < 4.78 is 419. The summed E-state index contributed by atoms with van der Waals surface area (Å²) in [6.07, 6.45) is -78.2. The Morgan fingerprint density at radius 1 is 0.412 bits per heavy atom. The van der Waals surface area contributed by atoms with E-state index in [1.54, 1.807) is 17.8 Å². The second kappa shape index (κ2) is 18.2. The molecule has 11 nitrogen and oxygen atoms in total. The van der Waals surface area contributed by atoms with Crippen LogP contribution in [0.4, 0.5) is 123 Å². The van der Waals surface area contributed by atoms with Crippen molar-refractivity contribution in [1.82, 2.24) is 0 Å². The Morgan fingerprint density at radius 2 is 0.691 bits per heavy atom. The maximum atomic E-state index is 15.1. The lowest BCUT2D eigenvalue weighted by Crippen LogP contribution is -2.72. The molecule has 1 N–H and O–H groups in total. The lowest BCUT2D eigenvalue weighted by molar-refractivity contribution is -0.593. The molecule has 0 amide bonds. The number of halogens is 28. The number of rotatable bonds is 17. The largest absolute Gasteiger partial charge is 0.461 e. The number of alkyl halides is 28. The van der Waals surface area contributed by atoms with E-state index < -0.39 is 144 Å². The zero-order chi connectivity index (χ0) is 55.1. The number of hydrogen-bond donors (Lipinski definition) is 1. The fourth-order valence-electron chi connectivity index (χ4n) is 5.26. The third-order valence-corrected chi connectivity index (χ3v) is 24.1. The molecule has 406 valence electrons. The molecule has 0 aliphatic carbocycles. The molecule has 0 radical (unpaired) electrons. The van der Waals surface area contributed by atoms with Crippen LogP contribution < -0.4 is 0 Å². The maximum absolute atomic E-state index is 15.1. The summed E-state index contributed by atoms with van der Waals surface area (Å²) in [5.74, 6) is -46.7. The first-order valence-electron chi connectivity index (χ1n) is 16.8. The smallest absolute Gasteiger partial charge is 0.460 e. The van der Waals surface area contributed by atoms with E-state index in [1.165, 1.54) is 32.7 Å². The van der Waals surface area contributed by atoms with Crippen LogP contribution in [0.1, 0.15) is 6.42 Å². The minimum Gasteiger partial charge on any atom is -0.461 e. The van der Waals surface area contributed by atoms with E-state index in [1.807, 2.05) is 0 Å². The van der Waals surface area contributed by atoms with Gasteiger partial charge in [0.1, 0.15) is 0 Å². The van der Waals surface area contributed by atoms with Gasteiger partial charge >= 0.3 is 125 Å². The molecule has 5 atom stereocenters. The van der Waals surface area contributed by atoms with E-state index in [0.717, 1.165) is 14.2 Å². The van der Waals surface area contributed by atoms with E-state index >= 15 is 8.78 Å². The predicted octanol–water partition coefficient (Wildman–Crippen LogP) is 10.7. The molecular weight excluding hydrogens is 1120 g/mol. The van der Waals surface area contributed by atoms with Gasteiger partial charge in [-0.2, -0.15) is 123 Å². The van der Waals surface area contributed by atoms with Gasteiger partial charge in [-0.1, -0.05) is 0 Å². The molecule has 43 heteroatoms. The molecule has 5 unspecified atom stereocenters. The second-order valence-corrected chi connectivity index (χ2v) is 29.4. The Balaban J connectivity index is 3.81. The van der Waals surface area contributed by atoms with Crippen LogP contribution in [0, 0.1) is 0 Å². The fourth-order valence-corrected chi connectivity index (χ4v) is 26.8. The number of carbonyl (C=O) groups is 1. The number of esters is 1. The molecule has 0 aromatic rings. The van der Waals surface area contributed by atoms with Crippen LogP contribution in [0.2, 0.25) is 51.9 Å². The highest BCUT2D eigenvalue weighted by molar-refractivity contribution is 6.93. The Morgan fingerprint density at radius 3 is 0.971 bits per heavy atom. The summed E-state index contributed by atoms with van der Waals surface area (Å²) in [5, 5.41) is 8.13. The van der Waals surface area contributed by atoms with Gasteiger partial charge in [-0.05, 0) is 58.3 Å². The molecule has 1 heterocycles. The van der Waals surface area contributed by atoms with E-state index in [-0.39, 0.29) is 0 Å². The van der Waals surface area contributed by atoms with Crippen molar-refractivity contribution in [3.8, 4) is 0 Å². The van der Waals surface area contributed by atoms with Crippen molar-refractivity contribution >= 4 is 40.2 Å². The van der Waals surface area contributed by atoms with Crippen molar-refractivity contribution < 1.29 is 173 Å². The highest BCUT2D eigenvalue weighted by atomic mass is 28.5. The molecule has 1 saturated heterocycles. The van der Waals surface area contributed by atoms with E-state index in [2.05, 4.69) is 4.74 Å². The summed E-state index contributed by atoms with van der Waals surface area (Å²) in [5.41, 5.74) is 0. The van der Waals surface area contributed by atoms with E-state index in [0.29, 0.717) is 0 Å². The van der Waals surface area contributed by atoms with E-state index in [9.17, 15) is 119 Å². The molecule has 1 fully saturated rings. The average molecular weight is 1150 g/mol. The predicted molar refractivity (Wildman–Crippen MR) is 165 cm³/mol. The third kappa shape index (κ3) is 12.8. The normalized spacial score (nSPS) is 23.7. The summed E-state index contributed by atoms with van der Waals surface area (Å²) in [7, 11) is -13.3. The van der Waals surface area contributed by atoms with Crippen LogP contribution in [0.3, 0.4) is 0 Å². The summed E-state index contributed by atoms with van der Waals surface area (Å²) in [4.78, 5) is 12.2. The highest BCUT2D eigenvalue weighted by Gasteiger charge is 2.90. The minimum absolute atomic E-state index is 0.591. The van der Waals surface area contributed by atoms with Gasteiger partial charge in [0.15, 0.2) is 0 Å². The molecule has 0 aromatic heterocycles. The molecule has 0 spiro atoms. The Labute approximate surface area is 363 Å². The molecule has 68 heavy (non-hydrogen) atoms. The lowest BCUT2D eigenvalue weighted by atomic mass is 10.2. The number of hydrogen-bond acceptors (Lipinski definition) is 11. The van der Waals surface area contributed by atoms with Crippen LogP contribution in [0.5, 0.6) is 0 Å². The summed E-state index contributed by atoms with van der Waals surface area (Å²) in [6.45, 7) is 8.32. The van der Waals surface area contributed by atoms with E-state index in [4.69, 9.17) is 21.6 Å². The summed E-state index contributed by atoms with van der Waals surface area (Å²) >= 11 is 0. The molecular formula is C25H28F28O11Si4. The highest BCUT2D eigenvalue weighted by Crippen LogP contribution is 2.61. The molecule has 1 rings (SSSR count). The number of carbonyl (C=O) groups excluding carboxylic acids is 1. The van der Waals surface area contributed by atoms with Gasteiger partial charge < -0.3 is 26.3 Å². The molecule has 0 bridgehead atoms. The first-order valence-corrected chi connectivity index (χ1v) is 27.8. The van der Waals surface area contributed by atoms with Crippen LogP contribution in [-0.2, 0) is 44.9 Å². The van der Waals surface area contributed by atoms with Crippen molar-refractivity contribution in [2.75, 3.05) is 6.61 Å². The van der Waals surface area contributed by atoms with Crippen LogP contribution in [-0.4, -0.2) is 137 Å². The maximum Gasteiger partial charge on any atom is 0.460 e. The Bertz CT molecular complexity index is 1770. The van der Waals surface area contributed by atoms with Crippen molar-refractivity contribution in [2.24, 2.45) is 0 Å². The fraction of sp³-hybridized carbons (Fsp3) is 0.960. The van der Waals surface area contributed by atoms with Gasteiger partial charge in [-0.15, -0.1) is 0 Å².